The van der Waals surface area contributed by atoms with Gasteiger partial charge in [0, 0.05) is 35.4 Å². The van der Waals surface area contributed by atoms with Gasteiger partial charge in [-0.25, -0.2) is 0 Å². The van der Waals surface area contributed by atoms with Crippen LogP contribution in [0.15, 0.2) is 35.4 Å². The Kier molecular flexibility index (Phi) is 4.72. The molecule has 0 bridgehead atoms. The predicted molar refractivity (Wildman–Crippen MR) is 98.2 cm³/mol. The molecule has 0 N–H and O–H groups in total. The Labute approximate surface area is 153 Å². The largest absolute Gasteiger partial charge is 0.341 e. The highest BCUT2D eigenvalue weighted by molar-refractivity contribution is 6.27. The standard InChI is InChI=1S/C21H24N2O3/c24-19(14-22-10-4-1-5-11-22)23-12-8-17-18(9-13-23)21(26)16-7-3-2-6-15(16)20(17)25/h2-3,6-7H,1,4-5,8-14H2. The molecule has 26 heavy (non-hydrogen) atoms. The average Bonchev–Trinajstić information content (AvgIpc) is 2.90. The molecular weight excluding hydrogens is 328 g/mol. The van der Waals surface area contributed by atoms with E-state index in [1.165, 1.54) is 6.42 Å². The molecule has 2 heterocycles. The molecule has 2 aliphatic heterocycles. The summed E-state index contributed by atoms with van der Waals surface area (Å²) in [4.78, 5) is 42.4. The number of carbonyl (C=O) groups excluding carboxylic acids is 3. The van der Waals surface area contributed by atoms with Crippen molar-refractivity contribution in [2.75, 3.05) is 32.7 Å². The van der Waals surface area contributed by atoms with Gasteiger partial charge in [-0.2, -0.15) is 0 Å². The molecule has 1 saturated heterocycles. The quantitative estimate of drug-likeness (QED) is 0.820. The van der Waals surface area contributed by atoms with E-state index in [1.807, 2.05) is 4.90 Å². The zero-order valence-corrected chi connectivity index (χ0v) is 15.0. The number of amides is 1. The van der Waals surface area contributed by atoms with Crippen LogP contribution in [-0.4, -0.2) is 60.0 Å². The smallest absolute Gasteiger partial charge is 0.236 e. The predicted octanol–water partition coefficient (Wildman–Crippen LogP) is 2.47. The third-order valence-corrected chi connectivity index (χ3v) is 5.75. The molecule has 3 aliphatic rings. The number of carbonyl (C=O) groups is 3. The monoisotopic (exact) mass is 352 g/mol. The fourth-order valence-corrected chi connectivity index (χ4v) is 4.27. The lowest BCUT2D eigenvalue weighted by Gasteiger charge is -2.29. The minimum Gasteiger partial charge on any atom is -0.341 e. The van der Waals surface area contributed by atoms with E-state index >= 15 is 0 Å². The van der Waals surface area contributed by atoms with Crippen molar-refractivity contribution in [1.82, 2.24) is 9.80 Å². The van der Waals surface area contributed by atoms with Crippen LogP contribution in [0.1, 0.15) is 52.8 Å². The van der Waals surface area contributed by atoms with Crippen LogP contribution >= 0.6 is 0 Å². The van der Waals surface area contributed by atoms with Crippen molar-refractivity contribution >= 4 is 17.5 Å². The van der Waals surface area contributed by atoms with E-state index in [-0.39, 0.29) is 17.5 Å². The lowest BCUT2D eigenvalue weighted by molar-refractivity contribution is -0.132. The Hall–Kier alpha value is -2.27. The third kappa shape index (κ3) is 3.12. The second-order valence-corrected chi connectivity index (χ2v) is 7.38. The van der Waals surface area contributed by atoms with Gasteiger partial charge in [-0.1, -0.05) is 30.7 Å². The van der Waals surface area contributed by atoms with Crippen molar-refractivity contribution in [3.8, 4) is 0 Å². The van der Waals surface area contributed by atoms with Crippen molar-refractivity contribution in [3.63, 3.8) is 0 Å². The summed E-state index contributed by atoms with van der Waals surface area (Å²) in [6, 6.07) is 7.04. The number of nitrogens with zero attached hydrogens (tertiary/aromatic N) is 2. The maximum Gasteiger partial charge on any atom is 0.236 e. The summed E-state index contributed by atoms with van der Waals surface area (Å²) >= 11 is 0. The van der Waals surface area contributed by atoms with Gasteiger partial charge in [-0.05, 0) is 38.8 Å². The second-order valence-electron chi connectivity index (χ2n) is 7.38. The molecule has 1 fully saturated rings. The van der Waals surface area contributed by atoms with Crippen LogP contribution in [0.4, 0.5) is 0 Å². The summed E-state index contributed by atoms with van der Waals surface area (Å²) in [5, 5.41) is 0. The lowest BCUT2D eigenvalue weighted by atomic mass is 9.82. The number of ketones is 2. The van der Waals surface area contributed by atoms with Gasteiger partial charge >= 0.3 is 0 Å². The van der Waals surface area contributed by atoms with Gasteiger partial charge < -0.3 is 4.90 Å². The molecule has 0 unspecified atom stereocenters. The first-order chi connectivity index (χ1) is 12.6. The van der Waals surface area contributed by atoms with E-state index in [1.54, 1.807) is 24.3 Å². The van der Waals surface area contributed by atoms with E-state index in [0.717, 1.165) is 25.9 Å². The fourth-order valence-electron chi connectivity index (χ4n) is 4.27. The van der Waals surface area contributed by atoms with E-state index < -0.39 is 0 Å². The maximum absolute atomic E-state index is 12.8. The SMILES string of the molecule is O=C1C2=C(CCN(C(=O)CN3CCCCC3)CC2)C(=O)c2ccccc21. The number of hydrogen-bond acceptors (Lipinski definition) is 4. The van der Waals surface area contributed by atoms with Gasteiger partial charge in [-0.15, -0.1) is 0 Å². The van der Waals surface area contributed by atoms with Crippen LogP contribution in [-0.2, 0) is 4.79 Å². The highest BCUT2D eigenvalue weighted by Gasteiger charge is 2.34. The molecule has 1 aromatic rings. The van der Waals surface area contributed by atoms with Gasteiger partial charge in [-0.3, -0.25) is 19.3 Å². The molecule has 4 rings (SSSR count). The van der Waals surface area contributed by atoms with Crippen LogP contribution in [0.25, 0.3) is 0 Å². The highest BCUT2D eigenvalue weighted by atomic mass is 16.2. The van der Waals surface area contributed by atoms with Crippen molar-refractivity contribution < 1.29 is 14.4 Å². The molecule has 0 spiro atoms. The van der Waals surface area contributed by atoms with Crippen molar-refractivity contribution in [2.45, 2.75) is 32.1 Å². The summed E-state index contributed by atoms with van der Waals surface area (Å²) in [5.41, 5.74) is 2.23. The molecule has 1 aromatic carbocycles. The Bertz CT molecular complexity index is 741. The number of likely N-dealkylation sites (tertiary alicyclic amines) is 1. The minimum absolute atomic E-state index is 0.0412. The van der Waals surface area contributed by atoms with Crippen LogP contribution in [0, 0.1) is 0 Å². The van der Waals surface area contributed by atoms with Crippen molar-refractivity contribution in [2.24, 2.45) is 0 Å². The van der Waals surface area contributed by atoms with Crippen LogP contribution in [0.5, 0.6) is 0 Å². The first-order valence-corrected chi connectivity index (χ1v) is 9.56. The summed E-state index contributed by atoms with van der Waals surface area (Å²) in [5.74, 6) is 0.0326. The van der Waals surface area contributed by atoms with Crippen LogP contribution in [0.3, 0.4) is 0 Å². The van der Waals surface area contributed by atoms with E-state index in [4.69, 9.17) is 0 Å². The summed E-state index contributed by atoms with van der Waals surface area (Å²) in [7, 11) is 0. The molecule has 0 aromatic heterocycles. The summed E-state index contributed by atoms with van der Waals surface area (Å²) in [6.45, 7) is 3.47. The molecular formula is C21H24N2O3. The second kappa shape index (κ2) is 7.16. The highest BCUT2D eigenvalue weighted by Crippen LogP contribution is 2.31. The summed E-state index contributed by atoms with van der Waals surface area (Å²) < 4.78 is 0. The molecule has 1 aliphatic carbocycles. The molecule has 0 saturated carbocycles. The maximum atomic E-state index is 12.8. The van der Waals surface area contributed by atoms with Gasteiger partial charge in [0.25, 0.3) is 0 Å². The topological polar surface area (TPSA) is 57.7 Å². The van der Waals surface area contributed by atoms with Crippen molar-refractivity contribution in [1.29, 1.82) is 0 Å². The lowest BCUT2D eigenvalue weighted by Crippen LogP contribution is -2.42. The van der Waals surface area contributed by atoms with Crippen LogP contribution < -0.4 is 0 Å². The van der Waals surface area contributed by atoms with Gasteiger partial charge in [0.15, 0.2) is 11.6 Å². The first kappa shape index (κ1) is 17.2. The summed E-state index contributed by atoms with van der Waals surface area (Å²) in [6.07, 6.45) is 4.50. The van der Waals surface area contributed by atoms with E-state index in [0.29, 0.717) is 54.7 Å². The normalized spacial score (nSPS) is 21.3. The first-order valence-electron chi connectivity index (χ1n) is 9.56. The van der Waals surface area contributed by atoms with Gasteiger partial charge in [0.1, 0.15) is 0 Å². The average molecular weight is 352 g/mol. The molecule has 5 heteroatoms. The fraction of sp³-hybridized carbons (Fsp3) is 0.476. The molecule has 0 radical (unpaired) electrons. The Morgan fingerprint density at radius 1 is 0.808 bits per heavy atom. The number of fused-ring (bicyclic) bond motifs is 1. The van der Waals surface area contributed by atoms with E-state index in [9.17, 15) is 14.4 Å². The molecule has 1 amide bonds. The van der Waals surface area contributed by atoms with E-state index in [2.05, 4.69) is 4.90 Å². The number of hydrogen-bond donors (Lipinski definition) is 0. The van der Waals surface area contributed by atoms with Crippen LogP contribution in [0.2, 0.25) is 0 Å². The molecule has 0 atom stereocenters. The number of Topliss-reactive ketones (excluding diaryl/α,β-unsaturated/α-hetero) is 2. The zero-order chi connectivity index (χ0) is 18.1. The minimum atomic E-state index is -0.0412. The molecule has 5 nitrogen and oxygen atoms in total. The Morgan fingerprint density at radius 2 is 1.35 bits per heavy atom. The molecule has 136 valence electrons. The Balaban J connectivity index is 1.48. The zero-order valence-electron chi connectivity index (χ0n) is 15.0. The van der Waals surface area contributed by atoms with Crippen molar-refractivity contribution in [3.05, 3.63) is 46.5 Å². The van der Waals surface area contributed by atoms with Gasteiger partial charge in [0.05, 0.1) is 6.54 Å². The number of piperidine rings is 1. The number of rotatable bonds is 2. The third-order valence-electron chi connectivity index (χ3n) is 5.75. The Morgan fingerprint density at radius 3 is 1.88 bits per heavy atom. The van der Waals surface area contributed by atoms with Gasteiger partial charge in [0.2, 0.25) is 5.91 Å². The number of benzene rings is 1.